The fraction of sp³-hybridized carbons (Fsp3) is 0.370. The van der Waals surface area contributed by atoms with Crippen LogP contribution in [0.1, 0.15) is 74.1 Å². The second-order valence-electron chi connectivity index (χ2n) is 16.0. The maximum Gasteiger partial charge on any atom is 0.405 e. The lowest BCUT2D eigenvalue weighted by Gasteiger charge is -2.23. The number of benzene rings is 4. The van der Waals surface area contributed by atoms with Gasteiger partial charge in [0.05, 0.1) is 16.1 Å². The van der Waals surface area contributed by atoms with E-state index >= 15 is 0 Å². The maximum atomic E-state index is 14.1. The molecule has 0 saturated carbocycles. The summed E-state index contributed by atoms with van der Waals surface area (Å²) in [6.07, 6.45) is -1.71. The summed E-state index contributed by atoms with van der Waals surface area (Å²) < 4.78 is 12.4. The number of rotatable bonds is 15. The molecule has 3 unspecified atom stereocenters. The van der Waals surface area contributed by atoms with Crippen molar-refractivity contribution in [3.05, 3.63) is 94.4 Å². The van der Waals surface area contributed by atoms with E-state index in [0.29, 0.717) is 43.4 Å². The van der Waals surface area contributed by atoms with Crippen molar-refractivity contribution < 1.29 is 33.4 Å². The van der Waals surface area contributed by atoms with Crippen molar-refractivity contribution in [1.82, 2.24) is 5.32 Å². The van der Waals surface area contributed by atoms with Gasteiger partial charge in [0.25, 0.3) is 5.91 Å². The number of nitrogens with two attached hydrogens (primary N) is 1. The second-order valence-corrected chi connectivity index (χ2v) is 17.5. The largest absolute Gasteiger partial charge is 0.487 e. The molecule has 2 aliphatic heterocycles. The minimum atomic E-state index is -1.18. The molecule has 0 bridgehead atoms. The van der Waals surface area contributed by atoms with Crippen LogP contribution in [0.15, 0.2) is 72.1 Å². The van der Waals surface area contributed by atoms with Gasteiger partial charge in [0, 0.05) is 72.1 Å². The van der Waals surface area contributed by atoms with Crippen molar-refractivity contribution in [2.24, 2.45) is 11.7 Å². The van der Waals surface area contributed by atoms with Crippen LogP contribution in [-0.4, -0.2) is 66.7 Å². The molecule has 0 saturated heterocycles. The molecule has 4 atom stereocenters. The smallest absolute Gasteiger partial charge is 0.405 e. The summed E-state index contributed by atoms with van der Waals surface area (Å²) in [6, 6.07) is 20.2. The number of carbonyl (C=O) groups is 5. The Morgan fingerprint density at radius 3 is 2.07 bits per heavy atom. The lowest BCUT2D eigenvalue weighted by atomic mass is 9.95. The normalized spacial score (nSPS) is 16.6. The minimum absolute atomic E-state index is 0.0496. The van der Waals surface area contributed by atoms with E-state index in [1.54, 1.807) is 41.1 Å². The molecule has 5 amide bonds. The predicted octanol–water partition coefficient (Wildman–Crippen LogP) is 8.71. The van der Waals surface area contributed by atoms with Gasteiger partial charge in [-0.2, -0.15) is 0 Å². The van der Waals surface area contributed by atoms with Crippen LogP contribution in [0.25, 0.3) is 20.9 Å². The van der Waals surface area contributed by atoms with Crippen LogP contribution in [0.4, 0.5) is 21.9 Å². The molecule has 61 heavy (non-hydrogen) atoms. The third-order valence-corrected chi connectivity index (χ3v) is 13.2. The first kappa shape index (κ1) is 43.7. The average Bonchev–Trinajstić information content (AvgIpc) is 3.94. The number of nitrogens with zero attached hydrogens (tertiary/aromatic N) is 2. The van der Waals surface area contributed by atoms with Crippen LogP contribution in [0.2, 0.25) is 0 Å². The average molecular weight is 887 g/mol. The highest BCUT2D eigenvalue weighted by Crippen LogP contribution is 2.49. The third-order valence-electron chi connectivity index (χ3n) is 11.4. The van der Waals surface area contributed by atoms with E-state index in [0.717, 1.165) is 54.5 Å². The molecule has 15 heteroatoms. The predicted molar refractivity (Wildman–Crippen MR) is 242 cm³/mol. The number of aryl methyl sites for hydroxylation is 1. The van der Waals surface area contributed by atoms with Gasteiger partial charge < -0.3 is 35.6 Å². The Morgan fingerprint density at radius 2 is 1.44 bits per heavy atom. The van der Waals surface area contributed by atoms with Crippen molar-refractivity contribution in [3.8, 4) is 5.75 Å². The Morgan fingerprint density at radius 1 is 0.836 bits per heavy atom. The molecule has 5 aromatic rings. The zero-order chi connectivity index (χ0) is 43.5. The first-order chi connectivity index (χ1) is 29.3. The molecule has 0 radical (unpaired) electrons. The number of thiophene rings is 1. The number of anilines is 3. The standard InChI is InChI=1S/C46H49Cl2N5O7S/c1-25(2)42(60-46(49)58)45(57)50-27(4)44(56)51-33-17-34-40(32-14-9-8-13-31(32)33)29(19-47)21-52(34)37(54)15-10-16-38(55)53-22-30(20-48)41-35(53)18-36(43-39(41)26(3)24-61-43)59-23-28-11-6-5-7-12-28/h5-9,11-14,17-18,24-25,27,29-30,42H,10,15-16,19-23H2,1-4H3,(H2,49,58)(H,50,57)(H,51,56)/t27?,29-,30?,42?/m1/s1. The molecule has 3 heterocycles. The molecular formula is C46H49Cl2N5O7S. The molecule has 2 aliphatic rings. The van der Waals surface area contributed by atoms with E-state index in [4.69, 9.17) is 38.4 Å². The van der Waals surface area contributed by atoms with Crippen molar-refractivity contribution in [1.29, 1.82) is 0 Å². The molecule has 4 N–H and O–H groups in total. The van der Waals surface area contributed by atoms with Crippen LogP contribution in [-0.2, 0) is 30.5 Å². The lowest BCUT2D eigenvalue weighted by Crippen LogP contribution is -2.49. The van der Waals surface area contributed by atoms with E-state index in [1.165, 1.54) is 6.92 Å². The summed E-state index contributed by atoms with van der Waals surface area (Å²) in [5, 5.41) is 10.3. The summed E-state index contributed by atoms with van der Waals surface area (Å²) >= 11 is 14.7. The summed E-state index contributed by atoms with van der Waals surface area (Å²) in [6.45, 7) is 8.15. The van der Waals surface area contributed by atoms with Gasteiger partial charge in [0.1, 0.15) is 18.4 Å². The molecule has 0 fully saturated rings. The topological polar surface area (TPSA) is 160 Å². The lowest BCUT2D eigenvalue weighted by molar-refractivity contribution is -0.134. The van der Waals surface area contributed by atoms with Crippen LogP contribution in [0, 0.1) is 12.8 Å². The van der Waals surface area contributed by atoms with Crippen LogP contribution >= 0.6 is 34.5 Å². The summed E-state index contributed by atoms with van der Waals surface area (Å²) in [7, 11) is 0. The zero-order valence-electron chi connectivity index (χ0n) is 34.5. The maximum absolute atomic E-state index is 14.1. The fourth-order valence-electron chi connectivity index (χ4n) is 8.40. The summed E-state index contributed by atoms with van der Waals surface area (Å²) in [4.78, 5) is 69.5. The Bertz CT molecular complexity index is 2500. The van der Waals surface area contributed by atoms with Crippen molar-refractivity contribution in [3.63, 3.8) is 0 Å². The first-order valence-electron chi connectivity index (χ1n) is 20.4. The number of alkyl halides is 2. The zero-order valence-corrected chi connectivity index (χ0v) is 36.8. The van der Waals surface area contributed by atoms with Gasteiger partial charge in [-0.1, -0.05) is 68.4 Å². The number of carbonyl (C=O) groups excluding carboxylic acids is 5. The highest BCUT2D eigenvalue weighted by molar-refractivity contribution is 7.17. The molecule has 1 aromatic heterocycles. The third kappa shape index (κ3) is 9.01. The van der Waals surface area contributed by atoms with Crippen LogP contribution in [0.5, 0.6) is 5.75 Å². The van der Waals surface area contributed by atoms with E-state index in [-0.39, 0.29) is 48.3 Å². The number of fused-ring (bicyclic) bond motifs is 6. The second kappa shape index (κ2) is 18.7. The molecule has 0 aliphatic carbocycles. The molecule has 4 aromatic carbocycles. The SMILES string of the molecule is Cc1csc2c(OCc3ccccc3)cc3c(c12)C(CCl)CN3C(=O)CCCC(=O)N1C[C@@H](CCl)c2c1cc(NC(=O)C(C)NC(=O)C(OC(N)=O)C(C)C)c1ccccc21. The Labute approximate surface area is 368 Å². The van der Waals surface area contributed by atoms with E-state index < -0.39 is 30.1 Å². The number of amides is 5. The van der Waals surface area contributed by atoms with Gasteiger partial charge >= 0.3 is 6.09 Å². The van der Waals surface area contributed by atoms with Crippen molar-refractivity contribution in [2.75, 3.05) is 40.0 Å². The molecule has 0 spiro atoms. The Kier molecular flexibility index (Phi) is 13.4. The highest BCUT2D eigenvalue weighted by Gasteiger charge is 2.37. The van der Waals surface area contributed by atoms with Gasteiger partial charge in [0.15, 0.2) is 6.10 Å². The molecular weight excluding hydrogens is 838 g/mol. The monoisotopic (exact) mass is 885 g/mol. The van der Waals surface area contributed by atoms with Crippen LogP contribution < -0.4 is 30.9 Å². The molecule has 7 rings (SSSR count). The number of nitrogens with one attached hydrogen (secondary N) is 2. The summed E-state index contributed by atoms with van der Waals surface area (Å²) in [5.41, 5.74) is 11.1. The van der Waals surface area contributed by atoms with Crippen molar-refractivity contribution >= 4 is 102 Å². The number of halogens is 2. The molecule has 320 valence electrons. The number of primary amides is 1. The van der Waals surface area contributed by atoms with Gasteiger partial charge in [-0.15, -0.1) is 34.5 Å². The van der Waals surface area contributed by atoms with Gasteiger partial charge in [-0.05, 0) is 65.3 Å². The quantitative estimate of drug-likeness (QED) is 0.0887. The Hall–Kier alpha value is -5.37. The van der Waals surface area contributed by atoms with E-state index in [9.17, 15) is 24.0 Å². The fourth-order valence-corrected chi connectivity index (χ4v) is 9.94. The van der Waals surface area contributed by atoms with Gasteiger partial charge in [0.2, 0.25) is 17.7 Å². The van der Waals surface area contributed by atoms with Gasteiger partial charge in [-0.3, -0.25) is 19.2 Å². The number of hydrogen-bond donors (Lipinski definition) is 3. The van der Waals surface area contributed by atoms with Crippen molar-refractivity contribution in [2.45, 2.75) is 77.5 Å². The first-order valence-corrected chi connectivity index (χ1v) is 22.3. The summed E-state index contributed by atoms with van der Waals surface area (Å²) in [5.74, 6) is -0.707. The molecule has 12 nitrogen and oxygen atoms in total. The number of hydrogen-bond acceptors (Lipinski definition) is 8. The van der Waals surface area contributed by atoms with Crippen LogP contribution in [0.3, 0.4) is 0 Å². The van der Waals surface area contributed by atoms with Gasteiger partial charge in [-0.25, -0.2) is 4.79 Å². The highest BCUT2D eigenvalue weighted by atomic mass is 35.5. The number of ether oxygens (including phenoxy) is 2. The Balaban J connectivity index is 1.07. The minimum Gasteiger partial charge on any atom is -0.487 e. The van der Waals surface area contributed by atoms with E-state index in [2.05, 4.69) is 22.9 Å². The van der Waals surface area contributed by atoms with E-state index in [1.807, 2.05) is 60.7 Å².